The minimum atomic E-state index is -0.317. The third kappa shape index (κ3) is 4.59. The second kappa shape index (κ2) is 9.19. The van der Waals surface area contributed by atoms with Gasteiger partial charge in [-0.05, 0) is 11.8 Å². The first kappa shape index (κ1) is 21.2. The Hall–Kier alpha value is -2.12. The van der Waals surface area contributed by atoms with Crippen LogP contribution in [0.5, 0.6) is 0 Å². The molecular weight excluding hydrogens is 348 g/mol. The van der Waals surface area contributed by atoms with Crippen LogP contribution in [0.3, 0.4) is 0 Å². The number of ether oxygens (including phenoxy) is 4. The van der Waals surface area contributed by atoms with Gasteiger partial charge >= 0.3 is 0 Å². The molecule has 0 bridgehead atoms. The molecule has 0 radical (unpaired) electrons. The van der Waals surface area contributed by atoms with Gasteiger partial charge in [0.15, 0.2) is 0 Å². The van der Waals surface area contributed by atoms with Crippen LogP contribution in [0, 0.1) is 11.8 Å². The highest BCUT2D eigenvalue weighted by molar-refractivity contribution is 5.96. The van der Waals surface area contributed by atoms with Crippen molar-refractivity contribution in [3.05, 3.63) is 0 Å². The summed E-state index contributed by atoms with van der Waals surface area (Å²) in [6, 6.07) is -0.927. The van der Waals surface area contributed by atoms with Gasteiger partial charge in [0.1, 0.15) is 24.2 Å². The molecule has 2 aliphatic rings. The number of methoxy groups -OCH3 is 4. The Morgan fingerprint density at radius 2 is 0.926 bits per heavy atom. The first-order valence-corrected chi connectivity index (χ1v) is 9.32. The molecule has 4 atom stereocenters. The zero-order valence-corrected chi connectivity index (χ0v) is 17.6. The van der Waals surface area contributed by atoms with Crippen LogP contribution in [-0.4, -0.2) is 76.2 Å². The maximum Gasteiger partial charge on any atom is 0.209 e. The van der Waals surface area contributed by atoms with Crippen molar-refractivity contribution >= 4 is 23.6 Å². The highest BCUT2D eigenvalue weighted by Crippen LogP contribution is 2.24. The molecule has 2 aliphatic heterocycles. The summed E-state index contributed by atoms with van der Waals surface area (Å²) >= 11 is 0. The Morgan fingerprint density at radius 1 is 0.593 bits per heavy atom. The monoisotopic (exact) mass is 380 g/mol. The van der Waals surface area contributed by atoms with E-state index in [1.165, 1.54) is 0 Å². The largest absolute Gasteiger partial charge is 0.483 e. The van der Waals surface area contributed by atoms with Crippen LogP contribution in [0.2, 0.25) is 0 Å². The lowest BCUT2D eigenvalue weighted by molar-refractivity contribution is 0.316. The fraction of sp³-hybridized carbons (Fsp3) is 0.789. The van der Waals surface area contributed by atoms with Crippen LogP contribution in [0.25, 0.3) is 0 Å². The Morgan fingerprint density at radius 3 is 1.19 bits per heavy atom. The van der Waals surface area contributed by atoms with Gasteiger partial charge in [0.05, 0.1) is 28.4 Å². The van der Waals surface area contributed by atoms with Crippen molar-refractivity contribution in [1.29, 1.82) is 0 Å². The van der Waals surface area contributed by atoms with Gasteiger partial charge in [-0.25, -0.2) is 20.0 Å². The van der Waals surface area contributed by atoms with E-state index in [-0.39, 0.29) is 36.0 Å². The third-order valence-electron chi connectivity index (χ3n) is 4.72. The maximum absolute atomic E-state index is 5.53. The Balaban J connectivity index is 2.30. The summed E-state index contributed by atoms with van der Waals surface area (Å²) in [4.78, 5) is 18.9. The van der Waals surface area contributed by atoms with Gasteiger partial charge in [-0.3, -0.25) is 0 Å². The number of nitrogens with zero attached hydrogens (tertiary/aromatic N) is 4. The topological polar surface area (TPSA) is 86.4 Å². The van der Waals surface area contributed by atoms with Crippen molar-refractivity contribution in [2.45, 2.75) is 58.3 Å². The summed E-state index contributed by atoms with van der Waals surface area (Å²) < 4.78 is 22.0. The summed E-state index contributed by atoms with van der Waals surface area (Å²) in [7, 11) is 6.47. The molecule has 2 heterocycles. The summed E-state index contributed by atoms with van der Waals surface area (Å²) in [6.45, 7) is 8.31. The van der Waals surface area contributed by atoms with E-state index in [1.807, 2.05) is 0 Å². The minimum absolute atomic E-state index is 0.147. The van der Waals surface area contributed by atoms with Crippen LogP contribution in [0.4, 0.5) is 0 Å². The van der Waals surface area contributed by atoms with Crippen LogP contribution < -0.4 is 0 Å². The minimum Gasteiger partial charge on any atom is -0.483 e. The van der Waals surface area contributed by atoms with Crippen molar-refractivity contribution in [3.63, 3.8) is 0 Å². The maximum atomic E-state index is 5.53. The second-order valence-electron chi connectivity index (χ2n) is 7.33. The predicted molar refractivity (Wildman–Crippen MR) is 107 cm³/mol. The lowest BCUT2D eigenvalue weighted by atomic mass is 9.99. The molecule has 0 aliphatic carbocycles. The number of hydrogen-bond acceptors (Lipinski definition) is 8. The molecule has 0 aromatic heterocycles. The van der Waals surface area contributed by atoms with Crippen LogP contribution in [0.15, 0.2) is 20.0 Å². The lowest BCUT2D eigenvalue weighted by Crippen LogP contribution is -2.42. The van der Waals surface area contributed by atoms with Crippen LogP contribution >= 0.6 is 0 Å². The van der Waals surface area contributed by atoms with E-state index in [4.69, 9.17) is 38.9 Å². The molecule has 0 amide bonds. The highest BCUT2D eigenvalue weighted by atomic mass is 16.5. The fourth-order valence-corrected chi connectivity index (χ4v) is 3.24. The van der Waals surface area contributed by atoms with Crippen molar-refractivity contribution in [3.8, 4) is 0 Å². The standard InChI is InChI=1S/C19H32N4O4/c1-10(2)14-18(26-7)20-12(16(22-14)24-5)9-13-17(25-6)23-15(11(3)4)19(21-13)27-8/h10-15H,9H2,1-8H3. The Bertz CT molecular complexity index is 586. The number of hydrogen-bond donors (Lipinski definition) is 0. The normalized spacial score (nSPS) is 28.2. The van der Waals surface area contributed by atoms with Gasteiger partial charge in [-0.2, -0.15) is 0 Å². The lowest BCUT2D eigenvalue weighted by Gasteiger charge is -2.30. The van der Waals surface area contributed by atoms with E-state index in [1.54, 1.807) is 28.4 Å². The van der Waals surface area contributed by atoms with Crippen LogP contribution in [-0.2, 0) is 18.9 Å². The van der Waals surface area contributed by atoms with Gasteiger partial charge in [0.2, 0.25) is 23.6 Å². The molecule has 0 N–H and O–H groups in total. The molecule has 8 nitrogen and oxygen atoms in total. The molecule has 2 rings (SSSR count). The van der Waals surface area contributed by atoms with Crippen molar-refractivity contribution in [2.24, 2.45) is 31.8 Å². The first-order chi connectivity index (χ1) is 12.9. The fourth-order valence-electron chi connectivity index (χ4n) is 3.24. The molecule has 8 heteroatoms. The molecule has 27 heavy (non-hydrogen) atoms. The number of rotatable bonds is 4. The number of aliphatic imine (C=N–C) groups is 4. The quantitative estimate of drug-likeness (QED) is 0.749. The second-order valence-corrected chi connectivity index (χ2v) is 7.33. The van der Waals surface area contributed by atoms with Crippen molar-refractivity contribution < 1.29 is 18.9 Å². The van der Waals surface area contributed by atoms with Crippen molar-refractivity contribution in [1.82, 2.24) is 0 Å². The average molecular weight is 380 g/mol. The van der Waals surface area contributed by atoms with E-state index in [0.29, 0.717) is 30.0 Å². The smallest absolute Gasteiger partial charge is 0.209 e. The molecule has 0 fully saturated rings. The first-order valence-electron chi connectivity index (χ1n) is 9.32. The molecule has 0 spiro atoms. The average Bonchev–Trinajstić information content (AvgIpc) is 2.66. The Kier molecular flexibility index (Phi) is 7.21. The van der Waals surface area contributed by atoms with E-state index >= 15 is 0 Å². The van der Waals surface area contributed by atoms with E-state index in [2.05, 4.69) is 27.7 Å². The summed E-state index contributed by atoms with van der Waals surface area (Å²) in [6.07, 6.45) is 0.509. The predicted octanol–water partition coefficient (Wildman–Crippen LogP) is 2.37. The molecule has 0 aromatic carbocycles. The summed E-state index contributed by atoms with van der Waals surface area (Å²) in [5.41, 5.74) is 0. The van der Waals surface area contributed by atoms with Crippen LogP contribution in [0.1, 0.15) is 34.1 Å². The summed E-state index contributed by atoms with van der Waals surface area (Å²) in [5, 5.41) is 0. The molecular formula is C19H32N4O4. The van der Waals surface area contributed by atoms with E-state index < -0.39 is 0 Å². The zero-order valence-electron chi connectivity index (χ0n) is 17.6. The Labute approximate surface area is 161 Å². The van der Waals surface area contributed by atoms with Gasteiger partial charge < -0.3 is 18.9 Å². The zero-order chi connectivity index (χ0) is 20.1. The van der Waals surface area contributed by atoms with E-state index in [9.17, 15) is 0 Å². The van der Waals surface area contributed by atoms with E-state index in [0.717, 1.165) is 0 Å². The molecule has 0 saturated heterocycles. The SMILES string of the molecule is COC1=NC(C(C)C)C(OC)=NC1CC1N=C(OC)C(C(C)C)N=C1OC. The van der Waals surface area contributed by atoms with Gasteiger partial charge in [-0.1, -0.05) is 27.7 Å². The van der Waals surface area contributed by atoms with Gasteiger partial charge in [0, 0.05) is 6.42 Å². The molecule has 0 saturated carbocycles. The molecule has 152 valence electrons. The van der Waals surface area contributed by atoms with Gasteiger partial charge in [0.25, 0.3) is 0 Å². The summed E-state index contributed by atoms with van der Waals surface area (Å²) in [5.74, 6) is 2.88. The third-order valence-corrected chi connectivity index (χ3v) is 4.72. The molecule has 4 unspecified atom stereocenters. The van der Waals surface area contributed by atoms with Gasteiger partial charge in [-0.15, -0.1) is 0 Å². The molecule has 0 aromatic rings. The highest BCUT2D eigenvalue weighted by Gasteiger charge is 2.36. The van der Waals surface area contributed by atoms with Crippen molar-refractivity contribution in [2.75, 3.05) is 28.4 Å².